The maximum absolute atomic E-state index is 12.8. The molecule has 7 nitrogen and oxygen atoms in total. The molecule has 3 aromatic rings. The molecular formula is C22H21ClN2O5S. The molecule has 0 unspecified atom stereocenters. The van der Waals surface area contributed by atoms with Crippen molar-refractivity contribution in [3.63, 3.8) is 0 Å². The molecule has 0 amide bonds. The number of fused-ring (bicyclic) bond motifs is 1. The maximum Gasteiger partial charge on any atom is 0.372 e. The molecule has 2 N–H and O–H groups in total. The minimum atomic E-state index is -3.76. The summed E-state index contributed by atoms with van der Waals surface area (Å²) in [6.45, 7) is 3.46. The molecule has 0 spiro atoms. The van der Waals surface area contributed by atoms with Crippen molar-refractivity contribution in [2.75, 3.05) is 11.3 Å². The second-order valence-electron chi connectivity index (χ2n) is 7.54. The van der Waals surface area contributed by atoms with E-state index in [0.717, 1.165) is 24.1 Å². The van der Waals surface area contributed by atoms with Gasteiger partial charge in [0.1, 0.15) is 5.76 Å². The van der Waals surface area contributed by atoms with Gasteiger partial charge >= 0.3 is 5.97 Å². The summed E-state index contributed by atoms with van der Waals surface area (Å²) >= 11 is 5.95. The molecule has 0 saturated carbocycles. The Hall–Kier alpha value is -2.81. The molecule has 0 bridgehead atoms. The van der Waals surface area contributed by atoms with Crippen molar-refractivity contribution in [1.82, 2.24) is 4.90 Å². The molecule has 4 rings (SSSR count). The number of benzene rings is 2. The molecule has 0 radical (unpaired) electrons. The van der Waals surface area contributed by atoms with E-state index in [1.165, 1.54) is 0 Å². The molecule has 9 heteroatoms. The van der Waals surface area contributed by atoms with Crippen LogP contribution in [0.2, 0.25) is 5.02 Å². The lowest BCUT2D eigenvalue weighted by molar-refractivity contribution is 0.0657. The van der Waals surface area contributed by atoms with Gasteiger partial charge < -0.3 is 9.52 Å². The van der Waals surface area contributed by atoms with Gasteiger partial charge in [-0.2, -0.15) is 0 Å². The number of carboxylic acid groups (broad SMARTS) is 1. The van der Waals surface area contributed by atoms with Crippen LogP contribution in [0.4, 0.5) is 5.69 Å². The van der Waals surface area contributed by atoms with Gasteiger partial charge in [0.2, 0.25) is 5.76 Å². The van der Waals surface area contributed by atoms with Crippen molar-refractivity contribution in [2.24, 2.45) is 0 Å². The number of anilines is 1. The Morgan fingerprint density at radius 1 is 1.19 bits per heavy atom. The minimum absolute atomic E-state index is 0.0483. The molecule has 2 heterocycles. The molecule has 1 aromatic heterocycles. The predicted molar refractivity (Wildman–Crippen MR) is 117 cm³/mol. The fourth-order valence-electron chi connectivity index (χ4n) is 3.72. The van der Waals surface area contributed by atoms with Gasteiger partial charge in [0, 0.05) is 23.7 Å². The number of furan rings is 1. The first-order valence-electron chi connectivity index (χ1n) is 9.66. The van der Waals surface area contributed by atoms with Crippen molar-refractivity contribution in [3.05, 3.63) is 81.8 Å². The zero-order valence-corrected chi connectivity index (χ0v) is 18.3. The Kier molecular flexibility index (Phi) is 5.79. The molecule has 162 valence electrons. The zero-order valence-electron chi connectivity index (χ0n) is 16.8. The SMILES string of the molecule is Cc1cc(CN2CCc3ccc(S(=O)(=O)Nc4cccc(Cl)c4)cc3C2)oc1C(=O)O. The van der Waals surface area contributed by atoms with Crippen molar-refractivity contribution >= 4 is 33.3 Å². The smallest absolute Gasteiger partial charge is 0.372 e. The first kappa shape index (κ1) is 21.4. The van der Waals surface area contributed by atoms with Crippen LogP contribution in [0.3, 0.4) is 0 Å². The van der Waals surface area contributed by atoms with Crippen LogP contribution in [0.5, 0.6) is 0 Å². The number of hydrogen-bond donors (Lipinski definition) is 2. The van der Waals surface area contributed by atoms with E-state index in [4.69, 9.17) is 21.1 Å². The number of halogens is 1. The zero-order chi connectivity index (χ0) is 22.2. The van der Waals surface area contributed by atoms with E-state index in [1.54, 1.807) is 49.4 Å². The highest BCUT2D eigenvalue weighted by atomic mass is 35.5. The molecule has 1 aliphatic heterocycles. The van der Waals surface area contributed by atoms with Gasteiger partial charge in [-0.3, -0.25) is 9.62 Å². The molecule has 0 fully saturated rings. The van der Waals surface area contributed by atoms with Gasteiger partial charge in [0.05, 0.1) is 17.1 Å². The Morgan fingerprint density at radius 3 is 2.71 bits per heavy atom. The largest absolute Gasteiger partial charge is 0.475 e. The number of hydrogen-bond acceptors (Lipinski definition) is 5. The quantitative estimate of drug-likeness (QED) is 0.569. The van der Waals surface area contributed by atoms with Crippen LogP contribution in [-0.4, -0.2) is 30.9 Å². The lowest BCUT2D eigenvalue weighted by Crippen LogP contribution is -2.30. The number of sulfonamides is 1. The Morgan fingerprint density at radius 2 is 2.00 bits per heavy atom. The summed E-state index contributed by atoms with van der Waals surface area (Å²) in [5, 5.41) is 9.61. The number of carboxylic acids is 1. The van der Waals surface area contributed by atoms with E-state index in [2.05, 4.69) is 9.62 Å². The number of nitrogens with zero attached hydrogens (tertiary/aromatic N) is 1. The normalized spacial score (nSPS) is 14.3. The van der Waals surface area contributed by atoms with E-state index in [1.807, 2.05) is 6.07 Å². The summed E-state index contributed by atoms with van der Waals surface area (Å²) in [5.74, 6) is -0.563. The fourth-order valence-corrected chi connectivity index (χ4v) is 5.01. The fraction of sp³-hybridized carbons (Fsp3) is 0.227. The summed E-state index contributed by atoms with van der Waals surface area (Å²) in [5.41, 5.74) is 3.00. The number of aryl methyl sites for hydroxylation is 1. The summed E-state index contributed by atoms with van der Waals surface area (Å²) in [7, 11) is -3.76. The van der Waals surface area contributed by atoms with E-state index in [0.29, 0.717) is 35.1 Å². The highest BCUT2D eigenvalue weighted by Crippen LogP contribution is 2.26. The molecule has 2 aromatic carbocycles. The van der Waals surface area contributed by atoms with Crippen LogP contribution in [-0.2, 0) is 29.5 Å². The standard InChI is InChI=1S/C22H21ClN2O5S/c1-14-9-19(30-21(14)22(26)27)13-25-8-7-15-5-6-20(10-16(15)12-25)31(28,29)24-18-4-2-3-17(23)11-18/h2-6,9-11,24H,7-8,12-13H2,1H3,(H,26,27). The molecule has 31 heavy (non-hydrogen) atoms. The Balaban J connectivity index is 1.52. The monoisotopic (exact) mass is 460 g/mol. The number of rotatable bonds is 6. The highest BCUT2D eigenvalue weighted by Gasteiger charge is 2.22. The average Bonchev–Trinajstić information content (AvgIpc) is 3.07. The predicted octanol–water partition coefficient (Wildman–Crippen LogP) is 4.30. The second-order valence-corrected chi connectivity index (χ2v) is 9.66. The van der Waals surface area contributed by atoms with Crippen LogP contribution in [0.1, 0.15) is 33.0 Å². The summed E-state index contributed by atoms with van der Waals surface area (Å²) < 4.78 is 33.7. The Bertz CT molecular complexity index is 1250. The van der Waals surface area contributed by atoms with Crippen molar-refractivity contribution in [3.8, 4) is 0 Å². The summed E-state index contributed by atoms with van der Waals surface area (Å²) in [6.07, 6.45) is 0.767. The van der Waals surface area contributed by atoms with Crippen LogP contribution in [0, 0.1) is 6.92 Å². The van der Waals surface area contributed by atoms with E-state index in [9.17, 15) is 13.2 Å². The van der Waals surface area contributed by atoms with Crippen molar-refractivity contribution in [2.45, 2.75) is 31.3 Å². The first-order valence-corrected chi connectivity index (χ1v) is 11.5. The van der Waals surface area contributed by atoms with Gasteiger partial charge in [-0.05, 0) is 60.9 Å². The molecule has 0 atom stereocenters. The van der Waals surface area contributed by atoms with Gasteiger partial charge in [0.15, 0.2) is 0 Å². The number of carbonyl (C=O) groups is 1. The van der Waals surface area contributed by atoms with E-state index < -0.39 is 16.0 Å². The van der Waals surface area contributed by atoms with Crippen LogP contribution in [0.25, 0.3) is 0 Å². The van der Waals surface area contributed by atoms with Gasteiger partial charge in [-0.15, -0.1) is 0 Å². The average molecular weight is 461 g/mol. The van der Waals surface area contributed by atoms with Gasteiger partial charge in [-0.1, -0.05) is 23.7 Å². The second kappa shape index (κ2) is 8.37. The molecule has 0 saturated heterocycles. The van der Waals surface area contributed by atoms with Crippen LogP contribution >= 0.6 is 11.6 Å². The first-order chi connectivity index (χ1) is 14.7. The molecule has 0 aliphatic carbocycles. The van der Waals surface area contributed by atoms with Crippen LogP contribution in [0.15, 0.2) is 57.8 Å². The van der Waals surface area contributed by atoms with E-state index >= 15 is 0 Å². The third-order valence-electron chi connectivity index (χ3n) is 5.20. The van der Waals surface area contributed by atoms with Gasteiger partial charge in [-0.25, -0.2) is 13.2 Å². The van der Waals surface area contributed by atoms with Gasteiger partial charge in [0.25, 0.3) is 10.0 Å². The molecule has 1 aliphatic rings. The molecular weight excluding hydrogens is 440 g/mol. The van der Waals surface area contributed by atoms with Crippen LogP contribution < -0.4 is 4.72 Å². The van der Waals surface area contributed by atoms with E-state index in [-0.39, 0.29) is 10.7 Å². The maximum atomic E-state index is 12.8. The number of nitrogens with one attached hydrogen (secondary N) is 1. The topological polar surface area (TPSA) is 99.9 Å². The van der Waals surface area contributed by atoms with Crippen molar-refractivity contribution in [1.29, 1.82) is 0 Å². The Labute approximate surface area is 185 Å². The lowest BCUT2D eigenvalue weighted by Gasteiger charge is -2.28. The minimum Gasteiger partial charge on any atom is -0.475 e. The number of aromatic carboxylic acids is 1. The third kappa shape index (κ3) is 4.76. The van der Waals surface area contributed by atoms with Crippen molar-refractivity contribution < 1.29 is 22.7 Å². The summed E-state index contributed by atoms with van der Waals surface area (Å²) in [4.78, 5) is 13.5. The highest BCUT2D eigenvalue weighted by molar-refractivity contribution is 7.92. The lowest BCUT2D eigenvalue weighted by atomic mass is 10.00. The third-order valence-corrected chi connectivity index (χ3v) is 6.81. The summed E-state index contributed by atoms with van der Waals surface area (Å²) in [6, 6.07) is 13.4.